The molecule has 5 heteroatoms. The summed E-state index contributed by atoms with van der Waals surface area (Å²) in [4.78, 5) is 0.938. The van der Waals surface area contributed by atoms with Crippen LogP contribution in [-0.2, 0) is 5.75 Å². The lowest BCUT2D eigenvalue weighted by Crippen LogP contribution is -2.14. The first kappa shape index (κ1) is 14.8. The van der Waals surface area contributed by atoms with Gasteiger partial charge in [-0.15, -0.1) is 11.8 Å². The Morgan fingerprint density at radius 3 is 2.75 bits per heavy atom. The second-order valence-corrected chi connectivity index (χ2v) is 5.79. The summed E-state index contributed by atoms with van der Waals surface area (Å²) < 4.78 is 0. The lowest BCUT2D eigenvalue weighted by Gasteiger charge is -2.10. The third-order valence-electron chi connectivity index (χ3n) is 2.97. The van der Waals surface area contributed by atoms with Crippen LogP contribution in [0, 0.1) is 6.92 Å². The van der Waals surface area contributed by atoms with Gasteiger partial charge in [-0.1, -0.05) is 41.0 Å². The molecular formula is C15H15ClN2OS. The molecule has 0 atom stereocenters. The van der Waals surface area contributed by atoms with Gasteiger partial charge in [-0.25, -0.2) is 0 Å². The monoisotopic (exact) mass is 306 g/mol. The Morgan fingerprint density at radius 1 is 1.30 bits per heavy atom. The van der Waals surface area contributed by atoms with Crippen LogP contribution in [0.25, 0.3) is 0 Å². The molecule has 104 valence electrons. The maximum atomic E-state index is 8.84. The molecule has 0 heterocycles. The van der Waals surface area contributed by atoms with E-state index < -0.39 is 0 Å². The Kier molecular flexibility index (Phi) is 4.93. The zero-order valence-corrected chi connectivity index (χ0v) is 12.6. The zero-order chi connectivity index (χ0) is 14.5. The van der Waals surface area contributed by atoms with Crippen LogP contribution >= 0.6 is 23.4 Å². The van der Waals surface area contributed by atoms with Gasteiger partial charge in [0.05, 0.1) is 0 Å². The number of aryl methyl sites for hydroxylation is 1. The first-order valence-electron chi connectivity index (χ1n) is 6.06. The Hall–Kier alpha value is -1.65. The average molecular weight is 307 g/mol. The molecule has 0 unspecified atom stereocenters. The quantitative estimate of drug-likeness (QED) is 0.295. The van der Waals surface area contributed by atoms with Gasteiger partial charge < -0.3 is 10.9 Å². The van der Waals surface area contributed by atoms with Gasteiger partial charge >= 0.3 is 0 Å². The van der Waals surface area contributed by atoms with Crippen LogP contribution in [-0.4, -0.2) is 11.0 Å². The van der Waals surface area contributed by atoms with Crippen LogP contribution in [0.5, 0.6) is 0 Å². The normalized spacial score (nSPS) is 11.6. The number of thioether (sulfide) groups is 1. The highest BCUT2D eigenvalue weighted by atomic mass is 35.5. The Bertz CT molecular complexity index is 644. The molecule has 0 fully saturated rings. The van der Waals surface area contributed by atoms with E-state index in [-0.39, 0.29) is 5.84 Å². The van der Waals surface area contributed by atoms with E-state index in [0.29, 0.717) is 10.6 Å². The maximum absolute atomic E-state index is 8.84. The second kappa shape index (κ2) is 6.68. The molecule has 2 aromatic carbocycles. The van der Waals surface area contributed by atoms with E-state index in [1.54, 1.807) is 23.9 Å². The van der Waals surface area contributed by atoms with Crippen molar-refractivity contribution >= 4 is 29.2 Å². The molecule has 0 spiro atoms. The van der Waals surface area contributed by atoms with Crippen molar-refractivity contribution in [3.63, 3.8) is 0 Å². The summed E-state index contributed by atoms with van der Waals surface area (Å²) in [5.74, 6) is 0.889. The Balaban J connectivity index is 2.24. The van der Waals surface area contributed by atoms with Crippen molar-refractivity contribution in [2.75, 3.05) is 0 Å². The number of hydrogen-bond acceptors (Lipinski definition) is 3. The standard InChI is InChI=1S/C15H15ClN2OS/c1-10-4-2-3-5-11(10)9-20-14-7-6-12(16)8-13(14)15(17)18-19/h2-8,19H,9H2,1H3,(H2,17,18). The molecule has 3 nitrogen and oxygen atoms in total. The van der Waals surface area contributed by atoms with Crippen LogP contribution in [0.2, 0.25) is 5.02 Å². The molecule has 0 aliphatic rings. The van der Waals surface area contributed by atoms with Gasteiger partial charge in [0.2, 0.25) is 0 Å². The molecule has 20 heavy (non-hydrogen) atoms. The summed E-state index contributed by atoms with van der Waals surface area (Å²) in [7, 11) is 0. The summed E-state index contributed by atoms with van der Waals surface area (Å²) >= 11 is 7.59. The molecule has 0 aromatic heterocycles. The van der Waals surface area contributed by atoms with E-state index in [9.17, 15) is 0 Å². The van der Waals surface area contributed by atoms with Crippen molar-refractivity contribution in [1.29, 1.82) is 0 Å². The highest BCUT2D eigenvalue weighted by Gasteiger charge is 2.09. The van der Waals surface area contributed by atoms with Crippen LogP contribution in [0.4, 0.5) is 0 Å². The molecule has 0 bridgehead atoms. The largest absolute Gasteiger partial charge is 0.409 e. The smallest absolute Gasteiger partial charge is 0.171 e. The molecule has 0 radical (unpaired) electrons. The Labute approximate surface area is 127 Å². The third-order valence-corrected chi connectivity index (χ3v) is 4.33. The number of nitrogens with two attached hydrogens (primary N) is 1. The molecule has 2 rings (SSSR count). The predicted octanol–water partition coefficient (Wildman–Crippen LogP) is 4.04. The van der Waals surface area contributed by atoms with Crippen LogP contribution in [0.1, 0.15) is 16.7 Å². The Morgan fingerprint density at radius 2 is 2.05 bits per heavy atom. The summed E-state index contributed by atoms with van der Waals surface area (Å²) in [6.07, 6.45) is 0. The van der Waals surface area contributed by atoms with Crippen molar-refractivity contribution in [3.8, 4) is 0 Å². The fraction of sp³-hybridized carbons (Fsp3) is 0.133. The average Bonchev–Trinajstić information content (AvgIpc) is 2.46. The minimum Gasteiger partial charge on any atom is -0.409 e. The lowest BCUT2D eigenvalue weighted by molar-refractivity contribution is 0.318. The van der Waals surface area contributed by atoms with E-state index in [1.165, 1.54) is 11.1 Å². The SMILES string of the molecule is Cc1ccccc1CSc1ccc(Cl)cc1C(N)=NO. The van der Waals surface area contributed by atoms with Crippen LogP contribution in [0.3, 0.4) is 0 Å². The van der Waals surface area contributed by atoms with Gasteiger partial charge in [-0.3, -0.25) is 0 Å². The topological polar surface area (TPSA) is 58.6 Å². The van der Waals surface area contributed by atoms with Crippen molar-refractivity contribution in [3.05, 3.63) is 64.2 Å². The van der Waals surface area contributed by atoms with Gasteiger partial charge in [-0.05, 0) is 36.2 Å². The van der Waals surface area contributed by atoms with Crippen molar-refractivity contribution < 1.29 is 5.21 Å². The minimum atomic E-state index is 0.0692. The molecular weight excluding hydrogens is 292 g/mol. The van der Waals surface area contributed by atoms with Crippen molar-refractivity contribution in [2.45, 2.75) is 17.6 Å². The van der Waals surface area contributed by atoms with Gasteiger partial charge in [0.1, 0.15) is 0 Å². The highest BCUT2D eigenvalue weighted by Crippen LogP contribution is 2.29. The molecule has 0 saturated heterocycles. The minimum absolute atomic E-state index is 0.0692. The van der Waals surface area contributed by atoms with Crippen molar-refractivity contribution in [2.24, 2.45) is 10.9 Å². The maximum Gasteiger partial charge on any atom is 0.171 e. The fourth-order valence-electron chi connectivity index (χ4n) is 1.81. The first-order valence-corrected chi connectivity index (χ1v) is 7.43. The van der Waals surface area contributed by atoms with Crippen LogP contribution in [0.15, 0.2) is 52.5 Å². The number of benzene rings is 2. The predicted molar refractivity (Wildman–Crippen MR) is 84.7 cm³/mol. The molecule has 0 saturated carbocycles. The number of amidine groups is 1. The number of nitrogens with zero attached hydrogens (tertiary/aromatic N) is 1. The number of rotatable bonds is 4. The van der Waals surface area contributed by atoms with E-state index in [4.69, 9.17) is 22.5 Å². The number of hydrogen-bond donors (Lipinski definition) is 2. The number of oxime groups is 1. The first-order chi connectivity index (χ1) is 9.61. The molecule has 2 aromatic rings. The summed E-state index contributed by atoms with van der Waals surface area (Å²) in [5, 5.41) is 12.5. The lowest BCUT2D eigenvalue weighted by atomic mass is 10.1. The zero-order valence-electron chi connectivity index (χ0n) is 11.0. The highest BCUT2D eigenvalue weighted by molar-refractivity contribution is 7.98. The summed E-state index contributed by atoms with van der Waals surface area (Å²) in [6, 6.07) is 13.6. The molecule has 0 amide bonds. The van der Waals surface area contributed by atoms with E-state index >= 15 is 0 Å². The molecule has 0 aliphatic heterocycles. The van der Waals surface area contributed by atoms with Gasteiger partial charge in [-0.2, -0.15) is 0 Å². The molecule has 0 aliphatic carbocycles. The van der Waals surface area contributed by atoms with Gasteiger partial charge in [0, 0.05) is 21.2 Å². The van der Waals surface area contributed by atoms with Gasteiger partial charge in [0.15, 0.2) is 5.84 Å². The van der Waals surface area contributed by atoms with E-state index in [1.807, 2.05) is 18.2 Å². The molecule has 3 N–H and O–H groups in total. The second-order valence-electron chi connectivity index (χ2n) is 4.34. The van der Waals surface area contributed by atoms with E-state index in [0.717, 1.165) is 10.6 Å². The third kappa shape index (κ3) is 3.46. The number of halogens is 1. The van der Waals surface area contributed by atoms with Crippen LogP contribution < -0.4 is 5.73 Å². The van der Waals surface area contributed by atoms with Gasteiger partial charge in [0.25, 0.3) is 0 Å². The fourth-order valence-corrected chi connectivity index (χ4v) is 3.10. The summed E-state index contributed by atoms with van der Waals surface area (Å²) in [6.45, 7) is 2.09. The van der Waals surface area contributed by atoms with Crippen molar-refractivity contribution in [1.82, 2.24) is 0 Å². The van der Waals surface area contributed by atoms with E-state index in [2.05, 4.69) is 24.2 Å². The summed E-state index contributed by atoms with van der Waals surface area (Å²) in [5.41, 5.74) is 8.85.